The molecule has 5 aromatic carbocycles. The van der Waals surface area contributed by atoms with Crippen LogP contribution in [-0.4, -0.2) is 29.4 Å². The number of carbonyl (C=O) groups is 4. The van der Waals surface area contributed by atoms with Crippen LogP contribution in [0.15, 0.2) is 99.6 Å². The van der Waals surface area contributed by atoms with Crippen molar-refractivity contribution >= 4 is 69.3 Å². The lowest BCUT2D eigenvalue weighted by Crippen LogP contribution is -2.44. The van der Waals surface area contributed by atoms with Crippen molar-refractivity contribution in [2.75, 3.05) is 15.6 Å². The van der Waals surface area contributed by atoms with E-state index in [4.69, 9.17) is 0 Å². The van der Waals surface area contributed by atoms with Crippen LogP contribution in [-0.2, 0) is 16.2 Å². The van der Waals surface area contributed by atoms with Gasteiger partial charge in [-0.1, -0.05) is 124 Å². The Labute approximate surface area is 345 Å². The van der Waals surface area contributed by atoms with E-state index in [9.17, 15) is 14.4 Å². The maximum atomic E-state index is 15.0. The third kappa shape index (κ3) is 7.47. The van der Waals surface area contributed by atoms with Gasteiger partial charge in [-0.3, -0.25) is 19.2 Å². The SMILES string of the molecule is CC(C)CCSc1cc2c3c(c(Sc4ccc(C(C)(C)C)cc4)cc4c3c1C(=O)N(c1ccc(C(C)(C)C)cc1)C4=O)C(=O)N(c1ccc(C(C)(C)C)cc1)C2=O. The first-order valence-corrected chi connectivity index (χ1v) is 21.5. The molecule has 8 heteroatoms. The quantitative estimate of drug-likeness (QED) is 0.115. The van der Waals surface area contributed by atoms with E-state index in [1.807, 2.05) is 60.7 Å². The Kier molecular flexibility index (Phi) is 10.4. The summed E-state index contributed by atoms with van der Waals surface area (Å²) in [5.74, 6) is -0.767. The third-order valence-electron chi connectivity index (χ3n) is 10.9. The van der Waals surface area contributed by atoms with Crippen LogP contribution in [0.5, 0.6) is 0 Å². The Balaban J connectivity index is 1.48. The van der Waals surface area contributed by atoms with Crippen molar-refractivity contribution in [1.82, 2.24) is 0 Å². The van der Waals surface area contributed by atoms with Gasteiger partial charge < -0.3 is 0 Å². The zero-order valence-corrected chi connectivity index (χ0v) is 36.6. The molecular formula is C49H52N2O4S2. The summed E-state index contributed by atoms with van der Waals surface area (Å²) in [6, 6.07) is 27.0. The lowest BCUT2D eigenvalue weighted by atomic mass is 9.84. The topological polar surface area (TPSA) is 74.8 Å². The molecule has 2 aliphatic rings. The summed E-state index contributed by atoms with van der Waals surface area (Å²) in [5.41, 5.74) is 5.26. The third-order valence-corrected chi connectivity index (χ3v) is 13.0. The van der Waals surface area contributed by atoms with E-state index in [1.54, 1.807) is 12.1 Å². The molecule has 2 heterocycles. The van der Waals surface area contributed by atoms with Crippen molar-refractivity contribution in [3.05, 3.63) is 124 Å². The van der Waals surface area contributed by atoms with Gasteiger partial charge >= 0.3 is 0 Å². The molecule has 4 amide bonds. The Hall–Kier alpha value is -4.66. The fourth-order valence-electron chi connectivity index (χ4n) is 7.44. The predicted octanol–water partition coefficient (Wildman–Crippen LogP) is 12.6. The Morgan fingerprint density at radius 1 is 0.509 bits per heavy atom. The lowest BCUT2D eigenvalue weighted by molar-refractivity contribution is 0.0870. The number of hydrogen-bond acceptors (Lipinski definition) is 6. The number of anilines is 2. The van der Waals surface area contributed by atoms with Gasteiger partial charge in [0.15, 0.2) is 0 Å². The van der Waals surface area contributed by atoms with Gasteiger partial charge in [-0.15, -0.1) is 11.8 Å². The highest BCUT2D eigenvalue weighted by Crippen LogP contribution is 2.48. The fourth-order valence-corrected chi connectivity index (χ4v) is 9.77. The molecule has 294 valence electrons. The van der Waals surface area contributed by atoms with Crippen molar-refractivity contribution in [2.45, 2.75) is 114 Å². The first-order valence-electron chi connectivity index (χ1n) is 19.7. The van der Waals surface area contributed by atoms with Crippen molar-refractivity contribution in [3.8, 4) is 0 Å². The minimum Gasteiger partial charge on any atom is -0.268 e. The van der Waals surface area contributed by atoms with Crippen LogP contribution < -0.4 is 9.80 Å². The monoisotopic (exact) mass is 796 g/mol. The Morgan fingerprint density at radius 3 is 1.26 bits per heavy atom. The normalized spacial score (nSPS) is 14.7. The molecule has 0 saturated heterocycles. The van der Waals surface area contributed by atoms with E-state index in [0.717, 1.165) is 22.4 Å². The summed E-state index contributed by atoms with van der Waals surface area (Å²) < 4.78 is 0. The van der Waals surface area contributed by atoms with E-state index in [0.29, 0.717) is 65.9 Å². The summed E-state index contributed by atoms with van der Waals surface area (Å²) >= 11 is 2.91. The summed E-state index contributed by atoms with van der Waals surface area (Å²) in [6.07, 6.45) is 0.892. The number of nitrogens with zero attached hydrogens (tertiary/aromatic N) is 2. The molecule has 0 radical (unpaired) electrons. The van der Waals surface area contributed by atoms with E-state index in [1.165, 1.54) is 38.9 Å². The number of benzene rings is 5. The molecule has 0 unspecified atom stereocenters. The Bertz CT molecular complexity index is 2450. The average molecular weight is 797 g/mol. The van der Waals surface area contributed by atoms with Crippen LogP contribution in [0.25, 0.3) is 10.8 Å². The lowest BCUT2D eigenvalue weighted by Gasteiger charge is -2.34. The van der Waals surface area contributed by atoms with Crippen molar-refractivity contribution in [1.29, 1.82) is 0 Å². The van der Waals surface area contributed by atoms with Crippen LogP contribution in [0, 0.1) is 5.92 Å². The molecule has 0 atom stereocenters. The van der Waals surface area contributed by atoms with E-state index in [-0.39, 0.29) is 16.2 Å². The number of carbonyl (C=O) groups excluding carboxylic acids is 4. The predicted molar refractivity (Wildman–Crippen MR) is 236 cm³/mol. The molecule has 0 N–H and O–H groups in total. The second-order valence-corrected chi connectivity index (χ2v) is 21.0. The molecule has 6 nitrogen and oxygen atoms in total. The standard InChI is InChI=1S/C49H52N2O4S2/c1-28(2)24-25-56-37-26-35-40-39-36(44(53)50(45(54)41(37)39)32-18-12-29(13-19-32)47(3,4)5)27-38(57-34-22-16-31(17-23-34)49(9,10)11)42(40)46(55)51(43(35)52)33-20-14-30(15-21-33)48(6,7)8/h12-23,26-28H,24-25H2,1-11H3. The minimum absolute atomic E-state index is 0.0502. The molecule has 0 fully saturated rings. The van der Waals surface area contributed by atoms with E-state index < -0.39 is 23.6 Å². The van der Waals surface area contributed by atoms with Gasteiger partial charge in [-0.05, 0) is 99.6 Å². The highest BCUT2D eigenvalue weighted by atomic mass is 32.2. The maximum absolute atomic E-state index is 15.0. The van der Waals surface area contributed by atoms with Crippen molar-refractivity contribution in [2.24, 2.45) is 5.92 Å². The van der Waals surface area contributed by atoms with Gasteiger partial charge in [-0.25, -0.2) is 9.80 Å². The molecule has 2 aliphatic heterocycles. The molecule has 57 heavy (non-hydrogen) atoms. The molecule has 0 aliphatic carbocycles. The second-order valence-electron chi connectivity index (χ2n) is 18.7. The molecule has 0 bridgehead atoms. The highest BCUT2D eigenvalue weighted by molar-refractivity contribution is 7.99. The number of hydrogen-bond donors (Lipinski definition) is 0. The second kappa shape index (κ2) is 14.6. The fraction of sp³-hybridized carbons (Fsp3) is 0.347. The van der Waals surface area contributed by atoms with Crippen molar-refractivity contribution in [3.63, 3.8) is 0 Å². The minimum atomic E-state index is -0.484. The molecule has 0 saturated carbocycles. The smallest absolute Gasteiger partial charge is 0.267 e. The summed E-state index contributed by atoms with van der Waals surface area (Å²) in [5, 5.41) is 0.746. The van der Waals surface area contributed by atoms with Crippen LogP contribution >= 0.6 is 23.5 Å². The molecular weight excluding hydrogens is 745 g/mol. The van der Waals surface area contributed by atoms with Crippen LogP contribution in [0.3, 0.4) is 0 Å². The first kappa shape index (κ1) is 40.5. The largest absolute Gasteiger partial charge is 0.268 e. The number of amides is 4. The van der Waals surface area contributed by atoms with Gasteiger partial charge in [0.1, 0.15) is 0 Å². The average Bonchev–Trinajstić information content (AvgIpc) is 3.12. The zero-order valence-electron chi connectivity index (χ0n) is 34.9. The van der Waals surface area contributed by atoms with Crippen molar-refractivity contribution < 1.29 is 19.2 Å². The number of rotatable bonds is 8. The number of imide groups is 2. The number of thioether (sulfide) groups is 1. The molecule has 0 aromatic heterocycles. The summed E-state index contributed by atoms with van der Waals surface area (Å²) in [4.78, 5) is 64.2. The molecule has 0 spiro atoms. The summed E-state index contributed by atoms with van der Waals surface area (Å²) in [6.45, 7) is 23.5. The Morgan fingerprint density at radius 2 is 0.877 bits per heavy atom. The van der Waals surface area contributed by atoms with Gasteiger partial charge in [0, 0.05) is 25.5 Å². The van der Waals surface area contributed by atoms with Crippen LogP contribution in [0.1, 0.15) is 141 Å². The van der Waals surface area contributed by atoms with E-state index >= 15 is 4.79 Å². The highest BCUT2D eigenvalue weighted by Gasteiger charge is 2.44. The van der Waals surface area contributed by atoms with Crippen LogP contribution in [0.2, 0.25) is 0 Å². The van der Waals surface area contributed by atoms with Crippen LogP contribution in [0.4, 0.5) is 11.4 Å². The van der Waals surface area contributed by atoms with Gasteiger partial charge in [0.2, 0.25) is 0 Å². The maximum Gasteiger partial charge on any atom is 0.267 e. The molecule has 7 rings (SSSR count). The zero-order chi connectivity index (χ0) is 41.4. The van der Waals surface area contributed by atoms with E-state index in [2.05, 4.69) is 88.3 Å². The molecule has 5 aromatic rings. The van der Waals surface area contributed by atoms with Gasteiger partial charge in [-0.2, -0.15) is 0 Å². The van der Waals surface area contributed by atoms with Gasteiger partial charge in [0.05, 0.1) is 33.6 Å². The summed E-state index contributed by atoms with van der Waals surface area (Å²) in [7, 11) is 0. The van der Waals surface area contributed by atoms with Gasteiger partial charge in [0.25, 0.3) is 23.6 Å². The first-order chi connectivity index (χ1) is 26.7.